The van der Waals surface area contributed by atoms with E-state index in [1.165, 1.54) is 18.4 Å². The molecule has 120 valence electrons. The van der Waals surface area contributed by atoms with E-state index in [9.17, 15) is 4.79 Å². The van der Waals surface area contributed by atoms with Crippen molar-refractivity contribution in [1.29, 1.82) is 0 Å². The van der Waals surface area contributed by atoms with Gasteiger partial charge in [0.2, 0.25) is 0 Å². The quantitative estimate of drug-likeness (QED) is 0.924. The molecule has 1 atom stereocenters. The number of benzene rings is 1. The lowest BCUT2D eigenvalue weighted by Crippen LogP contribution is -2.46. The van der Waals surface area contributed by atoms with E-state index in [0.717, 1.165) is 31.6 Å². The molecule has 1 unspecified atom stereocenters. The van der Waals surface area contributed by atoms with E-state index in [2.05, 4.69) is 43.1 Å². The van der Waals surface area contributed by atoms with Gasteiger partial charge in [-0.05, 0) is 48.8 Å². The van der Waals surface area contributed by atoms with Gasteiger partial charge in [-0.1, -0.05) is 39.0 Å². The molecule has 1 aromatic carbocycles. The molecule has 3 nitrogen and oxygen atoms in total. The summed E-state index contributed by atoms with van der Waals surface area (Å²) in [4.78, 5) is 15.4. The smallest absolute Gasteiger partial charge is 0.254 e. The Hall–Kier alpha value is -1.35. The highest BCUT2D eigenvalue weighted by atomic mass is 16.2. The molecular formula is C19H28N2O. The van der Waals surface area contributed by atoms with E-state index in [1.54, 1.807) is 0 Å². The van der Waals surface area contributed by atoms with Crippen LogP contribution < -0.4 is 5.32 Å². The number of amides is 1. The molecule has 3 rings (SSSR count). The van der Waals surface area contributed by atoms with Crippen LogP contribution in [0.2, 0.25) is 0 Å². The summed E-state index contributed by atoms with van der Waals surface area (Å²) in [6.45, 7) is 9.39. The van der Waals surface area contributed by atoms with Gasteiger partial charge >= 0.3 is 0 Å². The number of hydrogen-bond donors (Lipinski definition) is 1. The Labute approximate surface area is 134 Å². The summed E-state index contributed by atoms with van der Waals surface area (Å²) in [6, 6.07) is 8.57. The molecule has 1 heterocycles. The minimum absolute atomic E-state index is 0.118. The first-order valence-electron chi connectivity index (χ1n) is 8.56. The fourth-order valence-corrected chi connectivity index (χ4v) is 3.38. The maximum Gasteiger partial charge on any atom is 0.254 e. The summed E-state index contributed by atoms with van der Waals surface area (Å²) in [5.74, 6) is 0.837. The van der Waals surface area contributed by atoms with Crippen molar-refractivity contribution in [3.63, 3.8) is 0 Å². The molecule has 2 fully saturated rings. The van der Waals surface area contributed by atoms with Crippen LogP contribution in [0, 0.1) is 5.41 Å². The molecule has 1 saturated carbocycles. The molecule has 0 bridgehead atoms. The third kappa shape index (κ3) is 3.52. The van der Waals surface area contributed by atoms with Gasteiger partial charge < -0.3 is 10.2 Å². The van der Waals surface area contributed by atoms with E-state index >= 15 is 0 Å². The first kappa shape index (κ1) is 15.5. The maximum absolute atomic E-state index is 13.3. The second kappa shape index (κ2) is 6.04. The van der Waals surface area contributed by atoms with Gasteiger partial charge in [0.1, 0.15) is 0 Å². The number of hydrogen-bond acceptors (Lipinski definition) is 2. The van der Waals surface area contributed by atoms with Crippen LogP contribution in [0.1, 0.15) is 61.9 Å². The molecule has 1 aromatic rings. The van der Waals surface area contributed by atoms with Crippen molar-refractivity contribution in [2.75, 3.05) is 19.6 Å². The van der Waals surface area contributed by atoms with Crippen LogP contribution in [0.5, 0.6) is 0 Å². The molecule has 0 aromatic heterocycles. The number of nitrogens with zero attached hydrogens (tertiary/aromatic N) is 1. The Morgan fingerprint density at radius 3 is 2.55 bits per heavy atom. The zero-order chi connectivity index (χ0) is 15.7. The molecule has 0 radical (unpaired) electrons. The van der Waals surface area contributed by atoms with Crippen LogP contribution in [0.15, 0.2) is 24.3 Å². The predicted molar refractivity (Wildman–Crippen MR) is 90.2 cm³/mol. The number of nitrogens with one attached hydrogen (secondary N) is 1. The van der Waals surface area contributed by atoms with Crippen molar-refractivity contribution < 1.29 is 4.79 Å². The average molecular weight is 300 g/mol. The van der Waals surface area contributed by atoms with Gasteiger partial charge in [-0.3, -0.25) is 4.79 Å². The topological polar surface area (TPSA) is 32.3 Å². The Bertz CT molecular complexity index is 537. The summed E-state index contributed by atoms with van der Waals surface area (Å²) >= 11 is 0. The molecule has 2 aliphatic rings. The van der Waals surface area contributed by atoms with E-state index in [-0.39, 0.29) is 11.3 Å². The van der Waals surface area contributed by atoms with Gasteiger partial charge in [0.05, 0.1) is 0 Å². The normalized spacial score (nSPS) is 21.9. The molecule has 1 amide bonds. The molecule has 3 heteroatoms. The van der Waals surface area contributed by atoms with Crippen LogP contribution in [0.4, 0.5) is 0 Å². The highest BCUT2D eigenvalue weighted by Gasteiger charge is 2.34. The predicted octanol–water partition coefficient (Wildman–Crippen LogP) is 3.41. The SMILES string of the molecule is CC(C)(C)CN(C(=O)c1ccccc1C1CC1)C1CCNC1. The van der Waals surface area contributed by atoms with Gasteiger partial charge in [-0.2, -0.15) is 0 Å². The van der Waals surface area contributed by atoms with Gasteiger partial charge in [-0.15, -0.1) is 0 Å². The Morgan fingerprint density at radius 2 is 1.95 bits per heavy atom. The first-order valence-corrected chi connectivity index (χ1v) is 8.56. The number of rotatable bonds is 4. The number of carbonyl (C=O) groups is 1. The van der Waals surface area contributed by atoms with Gasteiger partial charge in [-0.25, -0.2) is 0 Å². The van der Waals surface area contributed by atoms with Gasteiger partial charge in [0, 0.05) is 24.7 Å². The van der Waals surface area contributed by atoms with Crippen LogP contribution >= 0.6 is 0 Å². The Kier molecular flexibility index (Phi) is 4.26. The monoisotopic (exact) mass is 300 g/mol. The number of carbonyl (C=O) groups excluding carboxylic acids is 1. The minimum atomic E-state index is 0.118. The third-order valence-electron chi connectivity index (χ3n) is 4.59. The zero-order valence-corrected chi connectivity index (χ0v) is 14.1. The van der Waals surface area contributed by atoms with Crippen molar-refractivity contribution >= 4 is 5.91 Å². The molecule has 22 heavy (non-hydrogen) atoms. The van der Waals surface area contributed by atoms with Crippen molar-refractivity contribution in [1.82, 2.24) is 10.2 Å². The van der Waals surface area contributed by atoms with E-state index in [1.807, 2.05) is 12.1 Å². The summed E-state index contributed by atoms with van der Waals surface area (Å²) in [5, 5.41) is 3.40. The zero-order valence-electron chi connectivity index (χ0n) is 14.1. The average Bonchev–Trinajstić information content (AvgIpc) is 3.18. The molecular weight excluding hydrogens is 272 g/mol. The molecule has 1 aliphatic heterocycles. The van der Waals surface area contributed by atoms with Gasteiger partial charge in [0.15, 0.2) is 0 Å². The van der Waals surface area contributed by atoms with Crippen molar-refractivity contribution in [3.05, 3.63) is 35.4 Å². The second-order valence-electron chi connectivity index (χ2n) is 8.00. The van der Waals surface area contributed by atoms with Crippen molar-refractivity contribution in [2.45, 2.75) is 52.0 Å². The highest BCUT2D eigenvalue weighted by molar-refractivity contribution is 5.96. The summed E-state index contributed by atoms with van der Waals surface area (Å²) in [5.41, 5.74) is 2.31. The second-order valence-corrected chi connectivity index (χ2v) is 8.00. The van der Waals surface area contributed by atoms with E-state index < -0.39 is 0 Å². The van der Waals surface area contributed by atoms with Crippen LogP contribution in [0.25, 0.3) is 0 Å². The summed E-state index contributed by atoms with van der Waals surface area (Å²) in [6.07, 6.45) is 3.52. The van der Waals surface area contributed by atoms with Crippen molar-refractivity contribution in [3.8, 4) is 0 Å². The van der Waals surface area contributed by atoms with E-state index in [0.29, 0.717) is 12.0 Å². The standard InChI is InChI=1S/C19H28N2O/c1-19(2,3)13-21(15-10-11-20-12-15)18(22)17-7-5-4-6-16(17)14-8-9-14/h4-7,14-15,20H,8-13H2,1-3H3. The highest BCUT2D eigenvalue weighted by Crippen LogP contribution is 2.42. The molecule has 1 saturated heterocycles. The lowest BCUT2D eigenvalue weighted by Gasteiger charge is -2.35. The summed E-state index contributed by atoms with van der Waals surface area (Å²) < 4.78 is 0. The van der Waals surface area contributed by atoms with Gasteiger partial charge in [0.25, 0.3) is 5.91 Å². The Morgan fingerprint density at radius 1 is 1.23 bits per heavy atom. The lowest BCUT2D eigenvalue weighted by atomic mass is 9.93. The Balaban J connectivity index is 1.88. The maximum atomic E-state index is 13.3. The minimum Gasteiger partial charge on any atom is -0.334 e. The first-order chi connectivity index (χ1) is 10.5. The molecule has 0 spiro atoms. The summed E-state index contributed by atoms with van der Waals surface area (Å²) in [7, 11) is 0. The van der Waals surface area contributed by atoms with Crippen LogP contribution in [0.3, 0.4) is 0 Å². The lowest BCUT2D eigenvalue weighted by molar-refractivity contribution is 0.0614. The molecule has 1 aliphatic carbocycles. The van der Waals surface area contributed by atoms with Crippen LogP contribution in [-0.2, 0) is 0 Å². The molecule has 1 N–H and O–H groups in total. The fraction of sp³-hybridized carbons (Fsp3) is 0.632. The van der Waals surface area contributed by atoms with E-state index in [4.69, 9.17) is 0 Å². The third-order valence-corrected chi connectivity index (χ3v) is 4.59. The largest absolute Gasteiger partial charge is 0.334 e. The fourth-order valence-electron chi connectivity index (χ4n) is 3.38. The van der Waals surface area contributed by atoms with Crippen LogP contribution in [-0.4, -0.2) is 36.5 Å². The van der Waals surface area contributed by atoms with Crippen molar-refractivity contribution in [2.24, 2.45) is 5.41 Å².